The maximum absolute atomic E-state index is 12.3. The van der Waals surface area contributed by atoms with Gasteiger partial charge >= 0.3 is 5.69 Å². The van der Waals surface area contributed by atoms with Crippen molar-refractivity contribution in [1.82, 2.24) is 19.7 Å². The number of carbonyl (C=O) groups excluding carboxylic acids is 1. The largest absolute Gasteiger partial charge is 0.347 e. The lowest BCUT2D eigenvalue weighted by atomic mass is 9.93. The van der Waals surface area contributed by atoms with E-state index in [0.29, 0.717) is 12.3 Å². The Kier molecular flexibility index (Phi) is 5.91. The van der Waals surface area contributed by atoms with E-state index in [9.17, 15) is 9.59 Å². The zero-order valence-electron chi connectivity index (χ0n) is 15.7. The predicted molar refractivity (Wildman–Crippen MR) is 101 cm³/mol. The molecule has 1 saturated heterocycles. The van der Waals surface area contributed by atoms with E-state index in [-0.39, 0.29) is 11.6 Å². The summed E-state index contributed by atoms with van der Waals surface area (Å²) in [5.74, 6) is 1.50. The van der Waals surface area contributed by atoms with Crippen LogP contribution in [0.1, 0.15) is 50.4 Å². The van der Waals surface area contributed by atoms with Crippen LogP contribution >= 0.6 is 0 Å². The Morgan fingerprint density at radius 1 is 1.27 bits per heavy atom. The van der Waals surface area contributed by atoms with Crippen LogP contribution in [0.2, 0.25) is 0 Å². The van der Waals surface area contributed by atoms with Crippen LogP contribution < -0.4 is 5.69 Å². The molecule has 0 atom stereocenters. The number of aryl methyl sites for hydroxylation is 1. The molecule has 0 aliphatic carbocycles. The number of amides is 1. The van der Waals surface area contributed by atoms with Gasteiger partial charge < -0.3 is 4.90 Å². The fourth-order valence-corrected chi connectivity index (χ4v) is 3.66. The normalized spacial score (nSPS) is 15.4. The van der Waals surface area contributed by atoms with Crippen molar-refractivity contribution in [2.75, 3.05) is 13.1 Å². The summed E-state index contributed by atoms with van der Waals surface area (Å²) in [7, 11) is 0. The molecule has 26 heavy (non-hydrogen) atoms. The van der Waals surface area contributed by atoms with Gasteiger partial charge in [0.15, 0.2) is 0 Å². The Morgan fingerprint density at radius 3 is 2.69 bits per heavy atom. The van der Waals surface area contributed by atoms with Gasteiger partial charge in [-0.3, -0.25) is 4.79 Å². The molecule has 0 unspecified atom stereocenters. The minimum atomic E-state index is -0.193. The maximum atomic E-state index is 12.3. The van der Waals surface area contributed by atoms with Gasteiger partial charge in [0.05, 0.1) is 5.69 Å². The Bertz CT molecular complexity index is 800. The molecule has 6 nitrogen and oxygen atoms in total. The Hall–Kier alpha value is -2.37. The second-order valence-electron chi connectivity index (χ2n) is 7.20. The van der Waals surface area contributed by atoms with Crippen LogP contribution in [0, 0.1) is 12.8 Å². The van der Waals surface area contributed by atoms with Crippen LogP contribution in [0.5, 0.6) is 0 Å². The van der Waals surface area contributed by atoms with Gasteiger partial charge in [0.25, 0.3) is 0 Å². The molecule has 2 aromatic rings. The van der Waals surface area contributed by atoms with Gasteiger partial charge in [-0.2, -0.15) is 5.10 Å². The number of aromatic nitrogens is 3. The summed E-state index contributed by atoms with van der Waals surface area (Å²) in [6.45, 7) is 5.73. The highest BCUT2D eigenvalue weighted by Gasteiger charge is 2.24. The summed E-state index contributed by atoms with van der Waals surface area (Å²) in [5, 5.41) is 6.86. The molecule has 1 aliphatic rings. The van der Waals surface area contributed by atoms with Crippen molar-refractivity contribution in [3.05, 3.63) is 46.1 Å². The third kappa shape index (κ3) is 4.06. The van der Waals surface area contributed by atoms with Crippen LogP contribution in [0.25, 0.3) is 5.69 Å². The van der Waals surface area contributed by atoms with Crippen molar-refractivity contribution in [2.24, 2.45) is 5.92 Å². The minimum Gasteiger partial charge on any atom is -0.343 e. The molecule has 1 aromatic heterocycles. The average Bonchev–Trinajstić information content (AvgIpc) is 3.01. The van der Waals surface area contributed by atoms with Gasteiger partial charge in [0.2, 0.25) is 5.91 Å². The third-order valence-electron chi connectivity index (χ3n) is 5.28. The lowest BCUT2D eigenvalue weighted by Gasteiger charge is -2.32. The van der Waals surface area contributed by atoms with E-state index in [2.05, 4.69) is 17.1 Å². The number of H-pyrrole nitrogens is 1. The van der Waals surface area contributed by atoms with Crippen LogP contribution in [0.3, 0.4) is 0 Å². The number of hydrogen-bond donors (Lipinski definition) is 1. The quantitative estimate of drug-likeness (QED) is 0.865. The zero-order chi connectivity index (χ0) is 18.5. The Labute approximate surface area is 154 Å². The van der Waals surface area contributed by atoms with Crippen molar-refractivity contribution < 1.29 is 4.79 Å². The summed E-state index contributed by atoms with van der Waals surface area (Å²) < 4.78 is 1.69. The topological polar surface area (TPSA) is 71.0 Å². The molecular weight excluding hydrogens is 328 g/mol. The number of nitrogens with zero attached hydrogens (tertiary/aromatic N) is 3. The summed E-state index contributed by atoms with van der Waals surface area (Å²) in [5.41, 5.74) is 1.74. The smallest absolute Gasteiger partial charge is 0.343 e. The summed E-state index contributed by atoms with van der Waals surface area (Å²) in [6.07, 6.45) is 5.36. The van der Waals surface area contributed by atoms with Gasteiger partial charge in [0, 0.05) is 25.9 Å². The van der Waals surface area contributed by atoms with E-state index in [1.165, 1.54) is 0 Å². The van der Waals surface area contributed by atoms with Crippen molar-refractivity contribution in [1.29, 1.82) is 0 Å². The molecule has 1 aliphatic heterocycles. The number of piperidine rings is 1. The van der Waals surface area contributed by atoms with Crippen LogP contribution in [0.15, 0.2) is 29.1 Å². The van der Waals surface area contributed by atoms with E-state index < -0.39 is 0 Å². The molecule has 1 aromatic carbocycles. The molecule has 2 heterocycles. The maximum Gasteiger partial charge on any atom is 0.347 e. The molecule has 0 bridgehead atoms. The van der Waals surface area contributed by atoms with E-state index >= 15 is 0 Å². The molecule has 6 heteroatoms. The molecule has 0 spiro atoms. The third-order valence-corrected chi connectivity index (χ3v) is 5.28. The average molecular weight is 356 g/mol. The fraction of sp³-hybridized carbons (Fsp3) is 0.550. The Morgan fingerprint density at radius 2 is 2.00 bits per heavy atom. The first kappa shape index (κ1) is 18.4. The second-order valence-corrected chi connectivity index (χ2v) is 7.20. The molecule has 1 fully saturated rings. The van der Waals surface area contributed by atoms with Crippen molar-refractivity contribution in [3.8, 4) is 5.69 Å². The molecule has 3 rings (SSSR count). The van der Waals surface area contributed by atoms with Crippen LogP contribution in [-0.4, -0.2) is 38.7 Å². The fourth-order valence-electron chi connectivity index (χ4n) is 3.66. The molecule has 1 N–H and O–H groups in total. The second kappa shape index (κ2) is 8.34. The number of rotatable bonds is 6. The standard InChI is InChI=1S/C20H28N4O2/c1-3-4-9-19(25)23-12-10-16(11-13-23)14-18-21-22-20(26)24(18)17-8-6-5-7-15(17)2/h5-8,16H,3-4,9-14H2,1-2H3,(H,22,26). The van der Waals surface area contributed by atoms with Crippen LogP contribution in [0.4, 0.5) is 0 Å². The lowest BCUT2D eigenvalue weighted by Crippen LogP contribution is -2.39. The van der Waals surface area contributed by atoms with Gasteiger partial charge in [-0.15, -0.1) is 0 Å². The highest BCUT2D eigenvalue weighted by Crippen LogP contribution is 2.23. The minimum absolute atomic E-state index is 0.193. The van der Waals surface area contributed by atoms with Crippen molar-refractivity contribution in [2.45, 2.75) is 52.4 Å². The van der Waals surface area contributed by atoms with E-state index in [4.69, 9.17) is 0 Å². The summed E-state index contributed by atoms with van der Waals surface area (Å²) >= 11 is 0. The lowest BCUT2D eigenvalue weighted by molar-refractivity contribution is -0.132. The number of para-hydroxylation sites is 1. The highest BCUT2D eigenvalue weighted by molar-refractivity contribution is 5.76. The van der Waals surface area contributed by atoms with E-state index in [0.717, 1.165) is 62.3 Å². The number of likely N-dealkylation sites (tertiary alicyclic amines) is 1. The SMILES string of the molecule is CCCCC(=O)N1CCC(Cc2n[nH]c(=O)n2-c2ccccc2C)CC1. The molecule has 1 amide bonds. The number of aromatic amines is 1. The van der Waals surface area contributed by atoms with E-state index in [1.54, 1.807) is 4.57 Å². The van der Waals surface area contributed by atoms with Gasteiger partial charge in [0.1, 0.15) is 5.82 Å². The molecule has 140 valence electrons. The summed E-state index contributed by atoms with van der Waals surface area (Å²) in [4.78, 5) is 26.4. The first-order valence-electron chi connectivity index (χ1n) is 9.60. The number of nitrogens with one attached hydrogen (secondary N) is 1. The number of hydrogen-bond acceptors (Lipinski definition) is 3. The van der Waals surface area contributed by atoms with E-state index in [1.807, 2.05) is 36.1 Å². The predicted octanol–water partition coefficient (Wildman–Crippen LogP) is 2.84. The number of carbonyl (C=O) groups is 1. The van der Waals surface area contributed by atoms with Crippen molar-refractivity contribution in [3.63, 3.8) is 0 Å². The van der Waals surface area contributed by atoms with Gasteiger partial charge in [-0.25, -0.2) is 14.5 Å². The molecular formula is C20H28N4O2. The van der Waals surface area contributed by atoms with Crippen molar-refractivity contribution >= 4 is 5.91 Å². The number of benzene rings is 1. The highest BCUT2D eigenvalue weighted by atomic mass is 16.2. The van der Waals surface area contributed by atoms with Crippen LogP contribution in [-0.2, 0) is 11.2 Å². The first-order valence-corrected chi connectivity index (χ1v) is 9.60. The summed E-state index contributed by atoms with van der Waals surface area (Å²) in [6, 6.07) is 7.85. The first-order chi connectivity index (χ1) is 12.6. The molecule has 0 saturated carbocycles. The van der Waals surface area contributed by atoms with Gasteiger partial charge in [-0.1, -0.05) is 31.5 Å². The number of unbranched alkanes of at least 4 members (excludes halogenated alkanes) is 1. The van der Waals surface area contributed by atoms with Gasteiger partial charge in [-0.05, 0) is 43.7 Å². The molecule has 0 radical (unpaired) electrons. The monoisotopic (exact) mass is 356 g/mol. The Balaban J connectivity index is 1.66. The zero-order valence-corrected chi connectivity index (χ0v) is 15.7.